The van der Waals surface area contributed by atoms with Crippen LogP contribution in [0.4, 0.5) is 120 Å². The molecule has 1 unspecified atom stereocenters. The summed E-state index contributed by atoms with van der Waals surface area (Å²) in [4.78, 5) is 23.5. The SMILES string of the molecule is CCO[Si](CCCCC(=O)OC(C)c1cc(OCCCC(F)(F)C(F)(F)C(F)(F)C(F)(F)C(F)(F)C(F)(F)F)c(OCCCC(F)(F)C(F)(F)C(F)(F)C(F)(F)C(F)(F)C(F)(F)F)cc1[N+](=O)[O-])(OCC)OCC. The van der Waals surface area contributed by atoms with Crippen LogP contribution in [0.3, 0.4) is 0 Å². The largest absolute Gasteiger partial charge is 0.500 e. The summed E-state index contributed by atoms with van der Waals surface area (Å²) in [6, 6.07) is 0.570. The molecule has 0 saturated carbocycles. The molecule has 10 nitrogen and oxygen atoms in total. The normalized spacial score (nSPS) is 15.1. The van der Waals surface area contributed by atoms with Crippen molar-refractivity contribution in [2.45, 2.75) is 156 Å². The maximum atomic E-state index is 14.5. The van der Waals surface area contributed by atoms with Gasteiger partial charge in [0.2, 0.25) is 0 Å². The Morgan fingerprint density at radius 1 is 0.527 bits per heavy atom. The van der Waals surface area contributed by atoms with E-state index in [0.29, 0.717) is 6.07 Å². The van der Waals surface area contributed by atoms with Crippen molar-refractivity contribution >= 4 is 20.5 Å². The van der Waals surface area contributed by atoms with Crippen LogP contribution >= 0.6 is 0 Å². The van der Waals surface area contributed by atoms with Crippen LogP contribution in [0.2, 0.25) is 6.04 Å². The summed E-state index contributed by atoms with van der Waals surface area (Å²) in [5.74, 6) is -81.8. The molecule has 74 heavy (non-hydrogen) atoms. The van der Waals surface area contributed by atoms with Gasteiger partial charge in [0.05, 0.1) is 29.8 Å². The third-order valence-electron chi connectivity index (χ3n) is 10.0. The Kier molecular flexibility index (Phi) is 21.8. The number of esters is 1. The molecular weight excluding hydrogens is 1120 g/mol. The van der Waals surface area contributed by atoms with E-state index in [1.165, 1.54) is 0 Å². The zero-order valence-electron chi connectivity index (χ0n) is 37.9. The van der Waals surface area contributed by atoms with Gasteiger partial charge < -0.3 is 27.5 Å². The molecule has 0 spiro atoms. The fraction of sp³-hybridized carbons (Fsp3) is 0.811. The number of nitrogens with zero attached hydrogens (tertiary/aromatic N) is 1. The van der Waals surface area contributed by atoms with E-state index in [0.717, 1.165) is 6.92 Å². The summed E-state index contributed by atoms with van der Waals surface area (Å²) in [5.41, 5.74) is -2.17. The first kappa shape index (κ1) is 68.0. The molecule has 1 aromatic carbocycles. The van der Waals surface area contributed by atoms with Crippen molar-refractivity contribution in [3.05, 3.63) is 27.8 Å². The second-order valence-electron chi connectivity index (χ2n) is 15.3. The molecule has 0 aliphatic rings. The van der Waals surface area contributed by atoms with Crippen LogP contribution in [0.5, 0.6) is 11.5 Å². The number of ether oxygens (including phenoxy) is 3. The van der Waals surface area contributed by atoms with Gasteiger partial charge in [-0.15, -0.1) is 0 Å². The molecule has 434 valence electrons. The van der Waals surface area contributed by atoms with E-state index in [4.69, 9.17) is 27.5 Å². The lowest BCUT2D eigenvalue weighted by molar-refractivity contribution is -0.440. The number of rotatable bonds is 32. The van der Waals surface area contributed by atoms with Gasteiger partial charge in [0.25, 0.3) is 5.69 Å². The maximum Gasteiger partial charge on any atom is 0.500 e. The van der Waals surface area contributed by atoms with Crippen LogP contribution in [0.1, 0.15) is 84.3 Å². The Labute approximate surface area is 400 Å². The van der Waals surface area contributed by atoms with E-state index >= 15 is 0 Å². The van der Waals surface area contributed by atoms with Crippen molar-refractivity contribution in [2.24, 2.45) is 0 Å². The molecule has 0 aliphatic heterocycles. The lowest BCUT2D eigenvalue weighted by atomic mass is 9.92. The molecule has 1 aromatic rings. The zero-order chi connectivity index (χ0) is 58.4. The van der Waals surface area contributed by atoms with Crippen LogP contribution in [0, 0.1) is 10.1 Å². The standard InChI is InChI=1S/C37H41F26NO9Si/c1-5-70-74(71-6-2,72-7-3)17-9-8-12-25(65)73-20(4)21-18-23(68-15-10-13-26(38,39)28(42,43)30(46,47)32(50,51)34(54,55)36(58,59)60)24(19-22(21)64(66)67)69-16-11-14-27(40,41)29(44,45)31(48,49)33(52,53)35(56,57)37(61,62)63/h18-20H,5-17H2,1-4H3. The fourth-order valence-corrected chi connectivity index (χ4v) is 8.76. The first-order valence-corrected chi connectivity index (χ1v) is 22.6. The summed E-state index contributed by atoms with van der Waals surface area (Å²) in [6.45, 7) is 2.78. The van der Waals surface area contributed by atoms with Crippen molar-refractivity contribution in [1.82, 2.24) is 0 Å². The van der Waals surface area contributed by atoms with Crippen molar-refractivity contribution < 1.29 is 151 Å². The van der Waals surface area contributed by atoms with Gasteiger partial charge in [-0.1, -0.05) is 0 Å². The maximum absolute atomic E-state index is 14.5. The molecule has 0 bridgehead atoms. The predicted molar refractivity (Wildman–Crippen MR) is 198 cm³/mol. The van der Waals surface area contributed by atoms with Crippen LogP contribution < -0.4 is 9.47 Å². The zero-order valence-corrected chi connectivity index (χ0v) is 38.9. The lowest BCUT2D eigenvalue weighted by Gasteiger charge is -2.39. The second kappa shape index (κ2) is 23.7. The first-order chi connectivity index (χ1) is 33.1. The topological polar surface area (TPSA) is 116 Å². The van der Waals surface area contributed by atoms with Crippen LogP contribution in [0.25, 0.3) is 0 Å². The minimum Gasteiger partial charge on any atom is -0.490 e. The average Bonchev–Trinajstić information content (AvgIpc) is 3.24. The average molecular weight is 1170 g/mol. The number of carbonyl (C=O) groups excluding carboxylic acids is 1. The highest BCUT2D eigenvalue weighted by atomic mass is 28.4. The van der Waals surface area contributed by atoms with Crippen molar-refractivity contribution in [1.29, 1.82) is 0 Å². The van der Waals surface area contributed by atoms with E-state index in [1.807, 2.05) is 0 Å². The van der Waals surface area contributed by atoms with Crippen molar-refractivity contribution in [3.63, 3.8) is 0 Å². The third kappa shape index (κ3) is 13.6. The summed E-state index contributed by atoms with van der Waals surface area (Å²) in [6.07, 6.45) is -27.3. The first-order valence-electron chi connectivity index (χ1n) is 20.7. The summed E-state index contributed by atoms with van der Waals surface area (Å²) >= 11 is 0. The molecular formula is C37H41F26NO9Si. The number of carbonyl (C=O) groups is 1. The second-order valence-corrected chi connectivity index (χ2v) is 18.1. The van der Waals surface area contributed by atoms with Gasteiger partial charge in [0, 0.05) is 45.1 Å². The van der Waals surface area contributed by atoms with E-state index in [9.17, 15) is 129 Å². The monoisotopic (exact) mass is 1170 g/mol. The Morgan fingerprint density at radius 2 is 0.865 bits per heavy atom. The Balaban J connectivity index is 3.64. The number of alkyl halides is 26. The predicted octanol–water partition coefficient (Wildman–Crippen LogP) is 14.2. The molecule has 0 radical (unpaired) electrons. The summed E-state index contributed by atoms with van der Waals surface area (Å²) in [7, 11) is -3.25. The quantitative estimate of drug-likeness (QED) is 0.0174. The molecule has 0 N–H and O–H groups in total. The number of benzene rings is 1. The molecule has 0 aliphatic carbocycles. The van der Waals surface area contributed by atoms with Crippen molar-refractivity contribution in [3.8, 4) is 11.5 Å². The number of nitro groups is 1. The lowest BCUT2D eigenvalue weighted by Crippen LogP contribution is -2.70. The number of nitro benzene ring substituents is 1. The Bertz CT molecular complexity index is 2000. The van der Waals surface area contributed by atoms with Gasteiger partial charge in [-0.25, -0.2) is 0 Å². The van der Waals surface area contributed by atoms with Gasteiger partial charge in [0.1, 0.15) is 6.10 Å². The van der Waals surface area contributed by atoms with Gasteiger partial charge >= 0.3 is 86.4 Å². The van der Waals surface area contributed by atoms with Crippen molar-refractivity contribution in [2.75, 3.05) is 33.0 Å². The van der Waals surface area contributed by atoms with E-state index in [2.05, 4.69) is 0 Å². The number of halogens is 26. The number of unbranched alkanes of at least 4 members (excludes halogenated alkanes) is 1. The van der Waals surface area contributed by atoms with Gasteiger partial charge in [0.15, 0.2) is 11.5 Å². The highest BCUT2D eigenvalue weighted by molar-refractivity contribution is 6.60. The summed E-state index contributed by atoms with van der Waals surface area (Å²) < 4.78 is 384. The molecule has 1 rings (SSSR count). The third-order valence-corrected chi connectivity index (χ3v) is 13.2. The molecule has 1 atom stereocenters. The molecule has 0 aromatic heterocycles. The number of hydrogen-bond acceptors (Lipinski definition) is 9. The highest BCUT2D eigenvalue weighted by Crippen LogP contribution is 2.62. The van der Waals surface area contributed by atoms with E-state index in [-0.39, 0.29) is 44.8 Å². The molecule has 0 fully saturated rings. The van der Waals surface area contributed by atoms with E-state index < -0.39 is 165 Å². The number of hydrogen-bond donors (Lipinski definition) is 0. The van der Waals surface area contributed by atoms with Crippen LogP contribution in [-0.4, -0.2) is 124 Å². The van der Waals surface area contributed by atoms with Gasteiger partial charge in [-0.2, -0.15) is 114 Å². The van der Waals surface area contributed by atoms with Crippen LogP contribution in [-0.2, 0) is 22.8 Å². The minimum atomic E-state index is -8.28. The van der Waals surface area contributed by atoms with Gasteiger partial charge in [-0.05, 0) is 59.4 Å². The Morgan fingerprint density at radius 3 is 1.19 bits per heavy atom. The summed E-state index contributed by atoms with van der Waals surface area (Å²) in [5, 5.41) is 12.1. The van der Waals surface area contributed by atoms with E-state index in [1.54, 1.807) is 20.8 Å². The molecule has 37 heteroatoms. The molecule has 0 amide bonds. The highest BCUT2D eigenvalue weighted by Gasteiger charge is 2.92. The van der Waals surface area contributed by atoms with Gasteiger partial charge in [-0.3, -0.25) is 14.9 Å². The van der Waals surface area contributed by atoms with Crippen LogP contribution in [0.15, 0.2) is 12.1 Å². The fourth-order valence-electron chi connectivity index (χ4n) is 6.08. The smallest absolute Gasteiger partial charge is 0.490 e. The molecule has 0 heterocycles. The Hall–Kier alpha value is -4.03. The molecule has 0 saturated heterocycles. The minimum absolute atomic E-state index is 0.0140.